The van der Waals surface area contributed by atoms with Crippen molar-refractivity contribution in [2.45, 2.75) is 6.92 Å². The summed E-state index contributed by atoms with van der Waals surface area (Å²) in [7, 11) is 0. The number of ether oxygens (including phenoxy) is 2. The van der Waals surface area contributed by atoms with Crippen molar-refractivity contribution < 1.29 is 14.3 Å². The molecule has 1 aliphatic heterocycles. The van der Waals surface area contributed by atoms with E-state index in [-0.39, 0.29) is 5.57 Å². The van der Waals surface area contributed by atoms with E-state index in [1.54, 1.807) is 30.5 Å². The maximum Gasteiger partial charge on any atom is 0.267 e. The van der Waals surface area contributed by atoms with Crippen LogP contribution in [0.3, 0.4) is 0 Å². The number of amides is 1. The Kier molecular flexibility index (Phi) is 5.81. The molecule has 0 saturated carbocycles. The number of rotatable bonds is 5. The van der Waals surface area contributed by atoms with E-state index in [1.807, 2.05) is 17.9 Å². The van der Waals surface area contributed by atoms with Crippen molar-refractivity contribution in [2.75, 3.05) is 38.2 Å². The second-order valence-electron chi connectivity index (χ2n) is 4.71. The molecule has 1 amide bonds. The lowest BCUT2D eigenvalue weighted by Gasteiger charge is -2.25. The van der Waals surface area contributed by atoms with Crippen molar-refractivity contribution in [1.29, 1.82) is 5.26 Å². The normalized spacial score (nSPS) is 15.1. The topological polar surface area (TPSA) is 74.6 Å². The molecule has 1 aromatic rings. The predicted molar refractivity (Wildman–Crippen MR) is 82.3 cm³/mol. The Balaban J connectivity index is 1.99. The van der Waals surface area contributed by atoms with Crippen molar-refractivity contribution >= 4 is 11.6 Å². The Morgan fingerprint density at radius 1 is 1.41 bits per heavy atom. The minimum absolute atomic E-state index is 0.0794. The molecule has 1 heterocycles. The minimum Gasteiger partial charge on any atom is -0.494 e. The van der Waals surface area contributed by atoms with Crippen LogP contribution in [-0.4, -0.2) is 43.7 Å². The summed E-state index contributed by atoms with van der Waals surface area (Å²) in [4.78, 5) is 14.1. The van der Waals surface area contributed by atoms with Crippen molar-refractivity contribution in [2.24, 2.45) is 0 Å². The third-order valence-corrected chi connectivity index (χ3v) is 3.15. The summed E-state index contributed by atoms with van der Waals surface area (Å²) in [6.45, 7) is 5.08. The van der Waals surface area contributed by atoms with E-state index in [9.17, 15) is 4.79 Å². The van der Waals surface area contributed by atoms with Gasteiger partial charge >= 0.3 is 0 Å². The zero-order valence-corrected chi connectivity index (χ0v) is 12.5. The van der Waals surface area contributed by atoms with Crippen molar-refractivity contribution in [1.82, 2.24) is 4.90 Å². The molecular formula is C16H19N3O3. The van der Waals surface area contributed by atoms with Gasteiger partial charge in [-0.15, -0.1) is 0 Å². The second-order valence-corrected chi connectivity index (χ2v) is 4.71. The van der Waals surface area contributed by atoms with Crippen molar-refractivity contribution in [3.8, 4) is 11.8 Å². The van der Waals surface area contributed by atoms with Gasteiger partial charge in [0, 0.05) is 25.0 Å². The van der Waals surface area contributed by atoms with Crippen LogP contribution in [0.2, 0.25) is 0 Å². The predicted octanol–water partition coefficient (Wildman–Crippen LogP) is 1.76. The smallest absolute Gasteiger partial charge is 0.267 e. The second kappa shape index (κ2) is 8.05. The molecule has 0 aromatic heterocycles. The molecule has 0 bridgehead atoms. The summed E-state index contributed by atoms with van der Waals surface area (Å²) in [5, 5.41) is 11.9. The Bertz CT molecular complexity index is 569. The van der Waals surface area contributed by atoms with Gasteiger partial charge in [-0.1, -0.05) is 0 Å². The summed E-state index contributed by atoms with van der Waals surface area (Å²) < 4.78 is 10.6. The minimum atomic E-state index is -0.418. The summed E-state index contributed by atoms with van der Waals surface area (Å²) >= 11 is 0. The summed E-state index contributed by atoms with van der Waals surface area (Å²) in [6, 6.07) is 8.98. The molecule has 1 aliphatic rings. The molecule has 6 nitrogen and oxygen atoms in total. The molecule has 22 heavy (non-hydrogen) atoms. The SMILES string of the molecule is CCOc1ccc(NC(=O)/C(C#N)=C\N2CCOCC2)cc1. The molecule has 0 radical (unpaired) electrons. The molecule has 116 valence electrons. The summed E-state index contributed by atoms with van der Waals surface area (Å²) in [6.07, 6.45) is 1.59. The number of nitrogens with zero attached hydrogens (tertiary/aromatic N) is 2. The van der Waals surface area contributed by atoms with Crippen LogP contribution in [0, 0.1) is 11.3 Å². The van der Waals surface area contributed by atoms with Gasteiger partial charge in [0.05, 0.1) is 19.8 Å². The van der Waals surface area contributed by atoms with Gasteiger partial charge in [0.2, 0.25) is 0 Å². The lowest BCUT2D eigenvalue weighted by atomic mass is 10.2. The van der Waals surface area contributed by atoms with Gasteiger partial charge < -0.3 is 19.7 Å². The van der Waals surface area contributed by atoms with Gasteiger partial charge in [-0.05, 0) is 31.2 Å². The molecule has 1 fully saturated rings. The highest BCUT2D eigenvalue weighted by Gasteiger charge is 2.13. The van der Waals surface area contributed by atoms with E-state index in [0.717, 1.165) is 5.75 Å². The van der Waals surface area contributed by atoms with E-state index in [1.165, 1.54) is 0 Å². The highest BCUT2D eigenvalue weighted by Crippen LogP contribution is 2.16. The van der Waals surface area contributed by atoms with E-state index in [2.05, 4.69) is 5.32 Å². The Morgan fingerprint density at radius 3 is 2.68 bits per heavy atom. The zero-order valence-electron chi connectivity index (χ0n) is 12.5. The van der Waals surface area contributed by atoms with Gasteiger partial charge in [-0.2, -0.15) is 5.26 Å². The van der Waals surface area contributed by atoms with E-state index >= 15 is 0 Å². The highest BCUT2D eigenvalue weighted by molar-refractivity contribution is 6.06. The number of nitrogens with one attached hydrogen (secondary N) is 1. The average Bonchev–Trinajstić information content (AvgIpc) is 2.55. The first-order valence-corrected chi connectivity index (χ1v) is 7.21. The van der Waals surface area contributed by atoms with Crippen molar-refractivity contribution in [3.05, 3.63) is 36.0 Å². The highest BCUT2D eigenvalue weighted by atomic mass is 16.5. The summed E-state index contributed by atoms with van der Waals surface area (Å²) in [5.41, 5.74) is 0.701. The fourth-order valence-electron chi connectivity index (χ4n) is 2.03. The quantitative estimate of drug-likeness (QED) is 0.662. The fourth-order valence-corrected chi connectivity index (χ4v) is 2.03. The molecular weight excluding hydrogens is 282 g/mol. The summed E-state index contributed by atoms with van der Waals surface area (Å²) in [5.74, 6) is 0.322. The number of nitriles is 1. The van der Waals surface area contributed by atoms with Crippen LogP contribution in [0.4, 0.5) is 5.69 Å². The Labute approximate surface area is 129 Å². The largest absolute Gasteiger partial charge is 0.494 e. The van der Waals surface area contributed by atoms with Crippen LogP contribution in [0.1, 0.15) is 6.92 Å². The fraction of sp³-hybridized carbons (Fsp3) is 0.375. The molecule has 1 N–H and O–H groups in total. The molecule has 6 heteroatoms. The number of anilines is 1. The van der Waals surface area contributed by atoms with Crippen LogP contribution in [0.25, 0.3) is 0 Å². The molecule has 2 rings (SSSR count). The first-order valence-electron chi connectivity index (χ1n) is 7.21. The number of morpholine rings is 1. The standard InChI is InChI=1S/C16H19N3O3/c1-2-22-15-5-3-14(4-6-15)18-16(20)13(11-17)12-19-7-9-21-10-8-19/h3-6,12H,2,7-10H2,1H3,(H,18,20)/b13-12-. The lowest BCUT2D eigenvalue weighted by Crippen LogP contribution is -2.33. The number of hydrogen-bond acceptors (Lipinski definition) is 5. The maximum absolute atomic E-state index is 12.1. The van der Waals surface area contributed by atoms with E-state index < -0.39 is 5.91 Å². The van der Waals surface area contributed by atoms with E-state index in [4.69, 9.17) is 14.7 Å². The first-order chi connectivity index (χ1) is 10.7. The van der Waals surface area contributed by atoms with Crippen LogP contribution in [0.5, 0.6) is 5.75 Å². The molecule has 0 spiro atoms. The number of hydrogen-bond donors (Lipinski definition) is 1. The molecule has 1 saturated heterocycles. The monoisotopic (exact) mass is 301 g/mol. The number of carbonyl (C=O) groups is 1. The van der Waals surface area contributed by atoms with Crippen LogP contribution in [-0.2, 0) is 9.53 Å². The van der Waals surface area contributed by atoms with Crippen LogP contribution < -0.4 is 10.1 Å². The third-order valence-electron chi connectivity index (χ3n) is 3.15. The molecule has 0 aliphatic carbocycles. The van der Waals surface area contributed by atoms with Gasteiger partial charge in [-0.25, -0.2) is 0 Å². The van der Waals surface area contributed by atoms with Gasteiger partial charge in [0.15, 0.2) is 0 Å². The average molecular weight is 301 g/mol. The lowest BCUT2D eigenvalue weighted by molar-refractivity contribution is -0.112. The van der Waals surface area contributed by atoms with Crippen LogP contribution >= 0.6 is 0 Å². The first kappa shape index (κ1) is 15.9. The number of benzene rings is 1. The zero-order chi connectivity index (χ0) is 15.8. The Morgan fingerprint density at radius 2 is 2.09 bits per heavy atom. The maximum atomic E-state index is 12.1. The van der Waals surface area contributed by atoms with Gasteiger partial charge in [-0.3, -0.25) is 4.79 Å². The van der Waals surface area contributed by atoms with Gasteiger partial charge in [0.25, 0.3) is 5.91 Å². The van der Waals surface area contributed by atoms with Crippen molar-refractivity contribution in [3.63, 3.8) is 0 Å². The van der Waals surface area contributed by atoms with Crippen LogP contribution in [0.15, 0.2) is 36.0 Å². The number of carbonyl (C=O) groups excluding carboxylic acids is 1. The molecule has 1 aromatic carbocycles. The van der Waals surface area contributed by atoms with Gasteiger partial charge in [0.1, 0.15) is 17.4 Å². The molecule has 0 atom stereocenters. The Hall–Kier alpha value is -2.52. The molecule has 0 unspecified atom stereocenters. The van der Waals surface area contributed by atoms with E-state index in [0.29, 0.717) is 38.6 Å². The third kappa shape index (κ3) is 4.50.